The number of nitrogens with zero attached hydrogens (tertiary/aromatic N) is 3. The molecule has 14 heavy (non-hydrogen) atoms. The van der Waals surface area contributed by atoms with Gasteiger partial charge in [0.2, 0.25) is 0 Å². The van der Waals surface area contributed by atoms with E-state index < -0.39 is 0 Å². The highest BCUT2D eigenvalue weighted by Crippen LogP contribution is 2.07. The Kier molecular flexibility index (Phi) is 4.90. The van der Waals surface area contributed by atoms with Gasteiger partial charge in [0, 0.05) is 25.9 Å². The van der Waals surface area contributed by atoms with E-state index in [1.54, 1.807) is 0 Å². The third-order valence-electron chi connectivity index (χ3n) is 2.65. The lowest BCUT2D eigenvalue weighted by Crippen LogP contribution is -2.35. The zero-order chi connectivity index (χ0) is 10.4. The molecule has 0 amide bonds. The minimum Gasteiger partial charge on any atom is -0.411 e. The minimum absolute atomic E-state index is 0.929. The summed E-state index contributed by atoms with van der Waals surface area (Å²) in [7, 11) is 4.21. The lowest BCUT2D eigenvalue weighted by atomic mass is 10.1. The summed E-state index contributed by atoms with van der Waals surface area (Å²) in [5.41, 5.74) is 0.953. The summed E-state index contributed by atoms with van der Waals surface area (Å²) >= 11 is 0. The number of rotatable bonds is 4. The second-order valence-electron chi connectivity index (χ2n) is 4.16. The van der Waals surface area contributed by atoms with Crippen molar-refractivity contribution in [3.8, 4) is 0 Å². The zero-order valence-corrected chi connectivity index (χ0v) is 9.24. The van der Waals surface area contributed by atoms with E-state index >= 15 is 0 Å². The molecule has 0 aliphatic carbocycles. The third-order valence-corrected chi connectivity index (χ3v) is 2.65. The Hall–Kier alpha value is -0.610. The van der Waals surface area contributed by atoms with E-state index in [0.717, 1.165) is 44.7 Å². The summed E-state index contributed by atoms with van der Waals surface area (Å²) in [6.45, 7) is 4.41. The van der Waals surface area contributed by atoms with Crippen molar-refractivity contribution in [2.24, 2.45) is 5.16 Å². The fourth-order valence-electron chi connectivity index (χ4n) is 1.75. The average Bonchev–Trinajstić information content (AvgIpc) is 2.18. The minimum atomic E-state index is 0.929. The largest absolute Gasteiger partial charge is 0.411 e. The van der Waals surface area contributed by atoms with Crippen LogP contribution in [0.4, 0.5) is 0 Å². The Bertz CT molecular complexity index is 182. The molecule has 0 saturated carbocycles. The van der Waals surface area contributed by atoms with Gasteiger partial charge < -0.3 is 15.0 Å². The molecular weight excluding hydrogens is 178 g/mol. The van der Waals surface area contributed by atoms with Crippen molar-refractivity contribution in [2.75, 3.05) is 40.3 Å². The molecule has 1 aliphatic heterocycles. The Morgan fingerprint density at radius 2 is 2.00 bits per heavy atom. The molecule has 1 fully saturated rings. The van der Waals surface area contributed by atoms with Gasteiger partial charge in [0.1, 0.15) is 0 Å². The van der Waals surface area contributed by atoms with Crippen LogP contribution < -0.4 is 0 Å². The van der Waals surface area contributed by atoms with E-state index in [1.807, 2.05) is 0 Å². The molecule has 0 aromatic heterocycles. The average molecular weight is 199 g/mol. The quantitative estimate of drug-likeness (QED) is 0.539. The molecular formula is C10H21N3O. The standard InChI is InChI=1S/C10H21N3O/c1-12(2)6-3-7-13-8-4-10(11-14)5-9-13/h14H,3-9H2,1-2H3. The van der Waals surface area contributed by atoms with Gasteiger partial charge in [0.15, 0.2) is 0 Å². The van der Waals surface area contributed by atoms with Crippen LogP contribution in [0.1, 0.15) is 19.3 Å². The maximum Gasteiger partial charge on any atom is 0.0596 e. The van der Waals surface area contributed by atoms with Crippen molar-refractivity contribution < 1.29 is 5.21 Å². The van der Waals surface area contributed by atoms with Crippen molar-refractivity contribution in [3.05, 3.63) is 0 Å². The third kappa shape index (κ3) is 4.07. The summed E-state index contributed by atoms with van der Waals surface area (Å²) in [6, 6.07) is 0. The molecule has 0 spiro atoms. The topological polar surface area (TPSA) is 39.1 Å². The SMILES string of the molecule is CN(C)CCCN1CCC(=NO)CC1. The maximum absolute atomic E-state index is 8.59. The number of piperidine rings is 1. The van der Waals surface area contributed by atoms with Crippen LogP contribution in [-0.4, -0.2) is 61.0 Å². The summed E-state index contributed by atoms with van der Waals surface area (Å²) in [6.07, 6.45) is 3.08. The first-order chi connectivity index (χ1) is 6.72. The molecule has 1 heterocycles. The Balaban J connectivity index is 2.10. The molecule has 1 saturated heterocycles. The lowest BCUT2D eigenvalue weighted by Gasteiger charge is -2.27. The first-order valence-corrected chi connectivity index (χ1v) is 5.29. The molecule has 4 heteroatoms. The van der Waals surface area contributed by atoms with Crippen LogP contribution in [-0.2, 0) is 0 Å². The van der Waals surface area contributed by atoms with Gasteiger partial charge in [-0.05, 0) is 33.6 Å². The van der Waals surface area contributed by atoms with Crippen LogP contribution in [0.25, 0.3) is 0 Å². The monoisotopic (exact) mass is 199 g/mol. The highest BCUT2D eigenvalue weighted by molar-refractivity contribution is 5.84. The van der Waals surface area contributed by atoms with Crippen LogP contribution >= 0.6 is 0 Å². The van der Waals surface area contributed by atoms with Gasteiger partial charge in [-0.15, -0.1) is 0 Å². The van der Waals surface area contributed by atoms with Crippen LogP contribution in [0.5, 0.6) is 0 Å². The first kappa shape index (κ1) is 11.5. The van der Waals surface area contributed by atoms with Crippen molar-refractivity contribution in [2.45, 2.75) is 19.3 Å². The Labute approximate surface area is 86.2 Å². The van der Waals surface area contributed by atoms with Crippen molar-refractivity contribution in [1.82, 2.24) is 9.80 Å². The van der Waals surface area contributed by atoms with Crippen molar-refractivity contribution >= 4 is 5.71 Å². The Morgan fingerprint density at radius 1 is 1.36 bits per heavy atom. The van der Waals surface area contributed by atoms with Gasteiger partial charge in [-0.2, -0.15) is 0 Å². The molecule has 4 nitrogen and oxygen atoms in total. The van der Waals surface area contributed by atoms with E-state index in [4.69, 9.17) is 5.21 Å². The van der Waals surface area contributed by atoms with Crippen LogP contribution in [0.15, 0.2) is 5.16 Å². The predicted molar refractivity (Wildman–Crippen MR) is 58.1 cm³/mol. The molecule has 0 bridgehead atoms. The first-order valence-electron chi connectivity index (χ1n) is 5.29. The second-order valence-corrected chi connectivity index (χ2v) is 4.16. The summed E-state index contributed by atoms with van der Waals surface area (Å²) in [5, 5.41) is 11.9. The second kappa shape index (κ2) is 5.98. The van der Waals surface area contributed by atoms with E-state index in [1.165, 1.54) is 6.42 Å². The fraction of sp³-hybridized carbons (Fsp3) is 0.900. The molecule has 0 aromatic carbocycles. The Morgan fingerprint density at radius 3 is 2.50 bits per heavy atom. The predicted octanol–water partition coefficient (Wildman–Crippen LogP) is 0.864. The van der Waals surface area contributed by atoms with Gasteiger partial charge in [-0.1, -0.05) is 5.16 Å². The normalized spacial score (nSPS) is 18.9. The van der Waals surface area contributed by atoms with E-state index in [0.29, 0.717) is 0 Å². The molecule has 0 aromatic rings. The maximum atomic E-state index is 8.59. The van der Waals surface area contributed by atoms with Crippen LogP contribution in [0.3, 0.4) is 0 Å². The van der Waals surface area contributed by atoms with Gasteiger partial charge in [-0.25, -0.2) is 0 Å². The molecule has 0 unspecified atom stereocenters. The molecule has 0 radical (unpaired) electrons. The molecule has 0 atom stereocenters. The summed E-state index contributed by atoms with van der Waals surface area (Å²) in [5.74, 6) is 0. The number of hydrogen-bond acceptors (Lipinski definition) is 4. The van der Waals surface area contributed by atoms with Crippen molar-refractivity contribution in [1.29, 1.82) is 0 Å². The van der Waals surface area contributed by atoms with E-state index in [2.05, 4.69) is 29.1 Å². The zero-order valence-electron chi connectivity index (χ0n) is 9.24. The lowest BCUT2D eigenvalue weighted by molar-refractivity contribution is 0.248. The van der Waals surface area contributed by atoms with Gasteiger partial charge in [0.05, 0.1) is 5.71 Å². The molecule has 82 valence electrons. The van der Waals surface area contributed by atoms with Crippen molar-refractivity contribution in [3.63, 3.8) is 0 Å². The van der Waals surface area contributed by atoms with E-state index in [-0.39, 0.29) is 0 Å². The van der Waals surface area contributed by atoms with Gasteiger partial charge >= 0.3 is 0 Å². The molecule has 1 N–H and O–H groups in total. The smallest absolute Gasteiger partial charge is 0.0596 e. The number of hydrogen-bond donors (Lipinski definition) is 1. The highest BCUT2D eigenvalue weighted by Gasteiger charge is 2.14. The van der Waals surface area contributed by atoms with Gasteiger partial charge in [-0.3, -0.25) is 0 Å². The molecule has 1 rings (SSSR count). The van der Waals surface area contributed by atoms with Crippen LogP contribution in [0.2, 0.25) is 0 Å². The number of likely N-dealkylation sites (tertiary alicyclic amines) is 1. The van der Waals surface area contributed by atoms with E-state index in [9.17, 15) is 0 Å². The van der Waals surface area contributed by atoms with Gasteiger partial charge in [0.25, 0.3) is 0 Å². The summed E-state index contributed by atoms with van der Waals surface area (Å²) in [4.78, 5) is 4.66. The van der Waals surface area contributed by atoms with Crippen LogP contribution in [0, 0.1) is 0 Å². The highest BCUT2D eigenvalue weighted by atomic mass is 16.4. The fourth-order valence-corrected chi connectivity index (χ4v) is 1.75. The number of oxime groups is 1. The summed E-state index contributed by atoms with van der Waals surface area (Å²) < 4.78 is 0. The molecule has 1 aliphatic rings.